The second kappa shape index (κ2) is 8.59. The summed E-state index contributed by atoms with van der Waals surface area (Å²) < 4.78 is 16.8. The molecule has 0 saturated carbocycles. The molecule has 0 aliphatic carbocycles. The molecule has 1 atom stereocenters. The van der Waals surface area contributed by atoms with Gasteiger partial charge in [-0.1, -0.05) is 12.1 Å². The minimum atomic E-state index is -0.871. The number of thiazole rings is 1. The van der Waals surface area contributed by atoms with Crippen molar-refractivity contribution in [2.24, 2.45) is 0 Å². The summed E-state index contributed by atoms with van der Waals surface area (Å²) in [5.41, 5.74) is 0.942. The van der Waals surface area contributed by atoms with Gasteiger partial charge in [0.05, 0.1) is 18.2 Å². The van der Waals surface area contributed by atoms with E-state index in [9.17, 15) is 14.7 Å². The van der Waals surface area contributed by atoms with E-state index in [4.69, 9.17) is 14.2 Å². The van der Waals surface area contributed by atoms with E-state index in [0.29, 0.717) is 53.3 Å². The number of carbonyl (C=O) groups excluding carboxylic acids is 2. The van der Waals surface area contributed by atoms with E-state index in [1.165, 1.54) is 16.2 Å². The number of aromatic nitrogens is 1. The van der Waals surface area contributed by atoms with E-state index in [1.807, 2.05) is 6.92 Å². The molecule has 1 unspecified atom stereocenters. The second-order valence-electron chi connectivity index (χ2n) is 7.35. The molecule has 2 aliphatic heterocycles. The number of ether oxygens (including phenoxy) is 3. The van der Waals surface area contributed by atoms with Crippen LogP contribution in [0.15, 0.2) is 59.6 Å². The van der Waals surface area contributed by atoms with Crippen LogP contribution in [0.25, 0.3) is 5.76 Å². The average molecular weight is 464 g/mol. The molecule has 1 saturated heterocycles. The van der Waals surface area contributed by atoms with E-state index in [1.54, 1.807) is 54.0 Å². The van der Waals surface area contributed by atoms with Crippen LogP contribution >= 0.6 is 11.3 Å². The molecule has 8 nitrogen and oxygen atoms in total. The Hall–Kier alpha value is -3.85. The topological polar surface area (TPSA) is 98.2 Å². The third-order valence-electron chi connectivity index (χ3n) is 5.37. The Morgan fingerprint density at radius 2 is 2.00 bits per heavy atom. The maximum Gasteiger partial charge on any atom is 0.301 e. The number of aliphatic hydroxyl groups is 1. The van der Waals surface area contributed by atoms with Crippen LogP contribution in [0.5, 0.6) is 17.2 Å². The number of rotatable bonds is 5. The summed E-state index contributed by atoms with van der Waals surface area (Å²) in [6, 6.07) is 11.2. The standard InChI is InChI=1S/C24H20N2O6S/c1-2-30-16-5-3-4-14(12-16)20-19(22(28)23(29)26(20)24-25-8-11-33-24)21(27)15-6-7-17-18(13-15)32-10-9-31-17/h3-8,11-13,20,27H,2,9-10H2,1H3. The Kier molecular flexibility index (Phi) is 5.47. The summed E-state index contributed by atoms with van der Waals surface area (Å²) in [5.74, 6) is -0.216. The lowest BCUT2D eigenvalue weighted by Gasteiger charge is -2.23. The lowest BCUT2D eigenvalue weighted by Crippen LogP contribution is -2.29. The number of anilines is 1. The first-order chi connectivity index (χ1) is 16.1. The monoisotopic (exact) mass is 464 g/mol. The van der Waals surface area contributed by atoms with Gasteiger partial charge in [0.1, 0.15) is 24.7 Å². The van der Waals surface area contributed by atoms with Gasteiger partial charge in [0.15, 0.2) is 16.6 Å². The number of hydrogen-bond acceptors (Lipinski definition) is 8. The van der Waals surface area contributed by atoms with Gasteiger partial charge in [-0.3, -0.25) is 14.5 Å². The molecule has 33 heavy (non-hydrogen) atoms. The van der Waals surface area contributed by atoms with Crippen LogP contribution in [0.3, 0.4) is 0 Å². The summed E-state index contributed by atoms with van der Waals surface area (Å²) >= 11 is 1.24. The van der Waals surface area contributed by atoms with Gasteiger partial charge in [-0.2, -0.15) is 0 Å². The third-order valence-corrected chi connectivity index (χ3v) is 6.14. The Morgan fingerprint density at radius 1 is 1.18 bits per heavy atom. The van der Waals surface area contributed by atoms with E-state index in [0.717, 1.165) is 0 Å². The summed E-state index contributed by atoms with van der Waals surface area (Å²) in [5, 5.41) is 13.4. The lowest BCUT2D eigenvalue weighted by molar-refractivity contribution is -0.132. The molecule has 0 radical (unpaired) electrons. The van der Waals surface area contributed by atoms with Gasteiger partial charge in [0.25, 0.3) is 5.78 Å². The maximum absolute atomic E-state index is 13.2. The van der Waals surface area contributed by atoms with Crippen LogP contribution in [0, 0.1) is 0 Å². The van der Waals surface area contributed by atoms with Crippen molar-refractivity contribution in [2.75, 3.05) is 24.7 Å². The first-order valence-corrected chi connectivity index (χ1v) is 11.3. The summed E-state index contributed by atoms with van der Waals surface area (Å²) in [6.07, 6.45) is 1.56. The number of fused-ring (bicyclic) bond motifs is 1. The predicted molar refractivity (Wildman–Crippen MR) is 122 cm³/mol. The summed E-state index contributed by atoms with van der Waals surface area (Å²) in [7, 11) is 0. The molecule has 9 heteroatoms. The number of ketones is 1. The Labute approximate surface area is 193 Å². The molecule has 1 fully saturated rings. The highest BCUT2D eigenvalue weighted by molar-refractivity contribution is 7.14. The van der Waals surface area contributed by atoms with Crippen LogP contribution in [0.4, 0.5) is 5.13 Å². The highest BCUT2D eigenvalue weighted by Crippen LogP contribution is 2.44. The van der Waals surface area contributed by atoms with E-state index in [-0.39, 0.29) is 11.3 Å². The number of benzene rings is 2. The number of aliphatic hydroxyl groups excluding tert-OH is 1. The summed E-state index contributed by atoms with van der Waals surface area (Å²) in [4.78, 5) is 31.9. The number of hydrogen-bond donors (Lipinski definition) is 1. The average Bonchev–Trinajstić information content (AvgIpc) is 3.45. The minimum Gasteiger partial charge on any atom is -0.507 e. The molecule has 2 aromatic carbocycles. The van der Waals surface area contributed by atoms with Crippen molar-refractivity contribution in [1.82, 2.24) is 4.98 Å². The van der Waals surface area contributed by atoms with Crippen molar-refractivity contribution in [3.63, 3.8) is 0 Å². The van der Waals surface area contributed by atoms with E-state index >= 15 is 0 Å². The largest absolute Gasteiger partial charge is 0.507 e. The van der Waals surface area contributed by atoms with Gasteiger partial charge >= 0.3 is 5.91 Å². The Morgan fingerprint density at radius 3 is 2.76 bits per heavy atom. The first kappa shape index (κ1) is 21.0. The molecule has 5 rings (SSSR count). The molecule has 0 spiro atoms. The normalized spacial score (nSPS) is 19.1. The molecule has 168 valence electrons. The van der Waals surface area contributed by atoms with Crippen molar-refractivity contribution in [3.8, 4) is 17.2 Å². The van der Waals surface area contributed by atoms with Crippen LogP contribution in [0.2, 0.25) is 0 Å². The van der Waals surface area contributed by atoms with Gasteiger partial charge in [-0.15, -0.1) is 11.3 Å². The quantitative estimate of drug-likeness (QED) is 0.347. The van der Waals surface area contributed by atoms with Crippen LogP contribution in [-0.4, -0.2) is 41.6 Å². The fraction of sp³-hybridized carbons (Fsp3) is 0.208. The van der Waals surface area contributed by atoms with Crippen molar-refractivity contribution in [3.05, 3.63) is 70.7 Å². The first-order valence-electron chi connectivity index (χ1n) is 10.4. The number of carbonyl (C=O) groups is 2. The van der Waals surface area contributed by atoms with Gasteiger partial charge in [0.2, 0.25) is 0 Å². The van der Waals surface area contributed by atoms with E-state index in [2.05, 4.69) is 4.98 Å². The highest BCUT2D eigenvalue weighted by Gasteiger charge is 2.48. The highest BCUT2D eigenvalue weighted by atomic mass is 32.1. The van der Waals surface area contributed by atoms with Crippen LogP contribution in [0.1, 0.15) is 24.1 Å². The van der Waals surface area contributed by atoms with Gasteiger partial charge in [-0.05, 0) is 42.8 Å². The van der Waals surface area contributed by atoms with Gasteiger partial charge in [-0.25, -0.2) is 4.98 Å². The Bertz CT molecular complexity index is 1250. The zero-order valence-electron chi connectivity index (χ0n) is 17.7. The number of nitrogens with zero attached hydrogens (tertiary/aromatic N) is 2. The zero-order chi connectivity index (χ0) is 22.9. The number of Topliss-reactive ketones (excluding diaryl/α,β-unsaturated/α-hetero) is 1. The SMILES string of the molecule is CCOc1cccc(C2C(=C(O)c3ccc4c(c3)OCCO4)C(=O)C(=O)N2c2nccs2)c1. The predicted octanol–water partition coefficient (Wildman–Crippen LogP) is 3.94. The molecule has 1 N–H and O–H groups in total. The minimum absolute atomic E-state index is 0.0273. The van der Waals surface area contributed by atoms with Crippen molar-refractivity contribution < 1.29 is 28.9 Å². The van der Waals surface area contributed by atoms with Gasteiger partial charge in [0, 0.05) is 17.1 Å². The fourth-order valence-electron chi connectivity index (χ4n) is 3.97. The Balaban J connectivity index is 1.68. The molecular formula is C24H20N2O6S. The van der Waals surface area contributed by atoms with Crippen molar-refractivity contribution in [2.45, 2.75) is 13.0 Å². The summed E-state index contributed by atoms with van der Waals surface area (Å²) in [6.45, 7) is 3.16. The molecule has 1 amide bonds. The van der Waals surface area contributed by atoms with Crippen molar-refractivity contribution >= 4 is 33.9 Å². The molecular weight excluding hydrogens is 444 g/mol. The smallest absolute Gasteiger partial charge is 0.301 e. The number of amides is 1. The molecule has 1 aromatic heterocycles. The van der Waals surface area contributed by atoms with E-state index < -0.39 is 17.7 Å². The zero-order valence-corrected chi connectivity index (χ0v) is 18.5. The fourth-order valence-corrected chi connectivity index (χ4v) is 4.63. The second-order valence-corrected chi connectivity index (χ2v) is 8.22. The molecule has 3 heterocycles. The van der Waals surface area contributed by atoms with Crippen molar-refractivity contribution in [1.29, 1.82) is 0 Å². The van der Waals surface area contributed by atoms with Crippen LogP contribution in [-0.2, 0) is 9.59 Å². The molecule has 3 aromatic rings. The van der Waals surface area contributed by atoms with Crippen LogP contribution < -0.4 is 19.1 Å². The van der Waals surface area contributed by atoms with Gasteiger partial charge < -0.3 is 19.3 Å². The maximum atomic E-state index is 13.2. The molecule has 0 bridgehead atoms. The lowest BCUT2D eigenvalue weighted by atomic mass is 9.95. The third kappa shape index (κ3) is 3.70. The molecule has 2 aliphatic rings.